The lowest BCUT2D eigenvalue weighted by atomic mass is 10.1. The fraction of sp³-hybridized carbons (Fsp3) is 0.208. The summed E-state index contributed by atoms with van der Waals surface area (Å²) >= 11 is 1.42. The number of carbonyl (C=O) groups excluding carboxylic acids is 1. The molecular formula is C24H24N4OS. The van der Waals surface area contributed by atoms with Gasteiger partial charge in [0.1, 0.15) is 5.03 Å². The quantitative estimate of drug-likeness (QED) is 0.433. The van der Waals surface area contributed by atoms with E-state index in [1.54, 1.807) is 6.20 Å². The molecule has 0 atom stereocenters. The van der Waals surface area contributed by atoms with Crippen LogP contribution in [0.1, 0.15) is 23.6 Å². The number of benzene rings is 2. The molecule has 30 heavy (non-hydrogen) atoms. The van der Waals surface area contributed by atoms with Gasteiger partial charge < -0.3 is 5.32 Å². The summed E-state index contributed by atoms with van der Waals surface area (Å²) in [5, 5.41) is 8.45. The monoisotopic (exact) mass is 416 g/mol. The number of nitrogens with zero attached hydrogens (tertiary/aromatic N) is 3. The minimum atomic E-state index is -0.0503. The molecule has 0 saturated carbocycles. The standard InChI is InChI=1S/C24H24N4OS/c1-4-18-6-8-19(9-7-18)21-14-22-24(25-11-12-28(22)27-21)30-15-23(29)26-20-10-5-16(2)13-17(20)3/h5-14H,4,15H2,1-3H3,(H,26,29). The smallest absolute Gasteiger partial charge is 0.234 e. The van der Waals surface area contributed by atoms with Crippen molar-refractivity contribution >= 4 is 28.9 Å². The zero-order valence-corrected chi connectivity index (χ0v) is 18.2. The van der Waals surface area contributed by atoms with Gasteiger partial charge in [-0.1, -0.05) is 60.6 Å². The molecule has 0 aliphatic heterocycles. The minimum absolute atomic E-state index is 0.0503. The van der Waals surface area contributed by atoms with Gasteiger partial charge in [-0.2, -0.15) is 5.10 Å². The number of anilines is 1. The lowest BCUT2D eigenvalue weighted by Crippen LogP contribution is -2.15. The van der Waals surface area contributed by atoms with Crippen LogP contribution < -0.4 is 5.32 Å². The molecule has 2 aromatic carbocycles. The fourth-order valence-corrected chi connectivity index (χ4v) is 4.11. The SMILES string of the molecule is CCc1ccc(-c2cc3c(SCC(=O)Nc4ccc(C)cc4C)nccn3n2)cc1. The number of aromatic nitrogens is 3. The number of rotatable bonds is 6. The van der Waals surface area contributed by atoms with Crippen LogP contribution in [0.3, 0.4) is 0 Å². The van der Waals surface area contributed by atoms with Gasteiger partial charge in [0.05, 0.1) is 17.0 Å². The molecule has 0 saturated heterocycles. The van der Waals surface area contributed by atoms with Crippen molar-refractivity contribution in [1.29, 1.82) is 0 Å². The van der Waals surface area contributed by atoms with Gasteiger partial charge in [-0.25, -0.2) is 9.50 Å². The number of hydrogen-bond acceptors (Lipinski definition) is 4. The number of fused-ring (bicyclic) bond motifs is 1. The Morgan fingerprint density at radius 2 is 1.90 bits per heavy atom. The van der Waals surface area contributed by atoms with Gasteiger partial charge in [0, 0.05) is 23.6 Å². The van der Waals surface area contributed by atoms with Crippen molar-refractivity contribution in [3.05, 3.63) is 77.6 Å². The fourth-order valence-electron chi connectivity index (χ4n) is 3.34. The molecule has 0 bridgehead atoms. The predicted octanol–water partition coefficient (Wildman–Crippen LogP) is 5.31. The Morgan fingerprint density at radius 3 is 2.63 bits per heavy atom. The average Bonchev–Trinajstić information content (AvgIpc) is 3.19. The van der Waals surface area contributed by atoms with Gasteiger partial charge in [-0.3, -0.25) is 4.79 Å². The van der Waals surface area contributed by atoms with E-state index in [0.717, 1.165) is 39.5 Å². The van der Waals surface area contributed by atoms with E-state index in [9.17, 15) is 4.79 Å². The van der Waals surface area contributed by atoms with E-state index in [4.69, 9.17) is 0 Å². The van der Waals surface area contributed by atoms with Gasteiger partial charge in [0.25, 0.3) is 0 Å². The van der Waals surface area contributed by atoms with E-state index in [2.05, 4.69) is 52.7 Å². The van der Waals surface area contributed by atoms with E-state index in [1.165, 1.54) is 22.9 Å². The van der Waals surface area contributed by atoms with Crippen molar-refractivity contribution < 1.29 is 4.79 Å². The second-order valence-electron chi connectivity index (χ2n) is 7.30. The summed E-state index contributed by atoms with van der Waals surface area (Å²) in [6.45, 7) is 6.18. The largest absolute Gasteiger partial charge is 0.325 e. The maximum Gasteiger partial charge on any atom is 0.234 e. The van der Waals surface area contributed by atoms with Gasteiger partial charge in [0.2, 0.25) is 5.91 Å². The Hall–Kier alpha value is -3.12. The summed E-state index contributed by atoms with van der Waals surface area (Å²) in [6.07, 6.45) is 4.56. The van der Waals surface area contributed by atoms with Crippen LogP contribution in [0.4, 0.5) is 5.69 Å². The Balaban J connectivity index is 1.50. The Kier molecular flexibility index (Phi) is 5.86. The first-order valence-corrected chi connectivity index (χ1v) is 11.0. The van der Waals surface area contributed by atoms with Crippen LogP contribution in [0.2, 0.25) is 0 Å². The number of nitrogens with one attached hydrogen (secondary N) is 1. The van der Waals surface area contributed by atoms with Crippen molar-refractivity contribution in [3.63, 3.8) is 0 Å². The van der Waals surface area contributed by atoms with Crippen LogP contribution in [0.5, 0.6) is 0 Å². The van der Waals surface area contributed by atoms with Gasteiger partial charge in [0.15, 0.2) is 0 Å². The molecule has 4 aromatic rings. The highest BCUT2D eigenvalue weighted by Gasteiger charge is 2.12. The van der Waals surface area contributed by atoms with E-state index in [0.29, 0.717) is 0 Å². The highest BCUT2D eigenvalue weighted by molar-refractivity contribution is 8.00. The van der Waals surface area contributed by atoms with Crippen LogP contribution in [0.25, 0.3) is 16.8 Å². The third-order valence-corrected chi connectivity index (χ3v) is 6.00. The lowest BCUT2D eigenvalue weighted by molar-refractivity contribution is -0.113. The van der Waals surface area contributed by atoms with Gasteiger partial charge in [-0.15, -0.1) is 0 Å². The van der Waals surface area contributed by atoms with Crippen molar-refractivity contribution in [2.45, 2.75) is 32.2 Å². The maximum atomic E-state index is 12.5. The van der Waals surface area contributed by atoms with E-state index in [-0.39, 0.29) is 11.7 Å². The summed E-state index contributed by atoms with van der Waals surface area (Å²) in [4.78, 5) is 16.9. The maximum absolute atomic E-state index is 12.5. The highest BCUT2D eigenvalue weighted by Crippen LogP contribution is 2.26. The number of hydrogen-bond donors (Lipinski definition) is 1. The van der Waals surface area contributed by atoms with Crippen molar-refractivity contribution in [3.8, 4) is 11.3 Å². The summed E-state index contributed by atoms with van der Waals surface area (Å²) in [7, 11) is 0. The summed E-state index contributed by atoms with van der Waals surface area (Å²) in [5.41, 5.74) is 7.25. The van der Waals surface area contributed by atoms with Crippen LogP contribution >= 0.6 is 11.8 Å². The minimum Gasteiger partial charge on any atom is -0.325 e. The Labute approximate surface area is 180 Å². The molecule has 2 heterocycles. The molecule has 4 rings (SSSR count). The molecule has 0 unspecified atom stereocenters. The second kappa shape index (κ2) is 8.71. The number of carbonyl (C=O) groups is 1. The molecule has 0 spiro atoms. The molecule has 1 N–H and O–H groups in total. The first-order chi connectivity index (χ1) is 14.5. The van der Waals surface area contributed by atoms with Crippen LogP contribution in [-0.4, -0.2) is 26.3 Å². The summed E-state index contributed by atoms with van der Waals surface area (Å²) in [5.74, 6) is 0.233. The van der Waals surface area contributed by atoms with Gasteiger partial charge in [-0.05, 0) is 43.5 Å². The van der Waals surface area contributed by atoms with Gasteiger partial charge >= 0.3 is 0 Å². The number of aryl methyl sites for hydroxylation is 3. The molecule has 0 aliphatic rings. The molecule has 6 heteroatoms. The number of amides is 1. The first kappa shape index (κ1) is 20.2. The average molecular weight is 417 g/mol. The van der Waals surface area contributed by atoms with Crippen molar-refractivity contribution in [2.75, 3.05) is 11.1 Å². The Bertz CT molecular complexity index is 1200. The molecule has 5 nitrogen and oxygen atoms in total. The number of thioether (sulfide) groups is 1. The topological polar surface area (TPSA) is 59.3 Å². The molecule has 0 radical (unpaired) electrons. The Morgan fingerprint density at radius 1 is 1.10 bits per heavy atom. The van der Waals surface area contributed by atoms with Crippen LogP contribution in [-0.2, 0) is 11.2 Å². The zero-order valence-electron chi connectivity index (χ0n) is 17.3. The van der Waals surface area contributed by atoms with E-state index >= 15 is 0 Å². The second-order valence-corrected chi connectivity index (χ2v) is 8.26. The third-order valence-electron chi connectivity index (χ3n) is 5.01. The van der Waals surface area contributed by atoms with E-state index in [1.807, 2.05) is 42.8 Å². The van der Waals surface area contributed by atoms with E-state index < -0.39 is 0 Å². The molecule has 1 amide bonds. The first-order valence-electron chi connectivity index (χ1n) is 9.97. The normalized spacial score (nSPS) is 11.0. The summed E-state index contributed by atoms with van der Waals surface area (Å²) < 4.78 is 1.82. The third kappa shape index (κ3) is 4.39. The molecule has 0 fully saturated rings. The summed E-state index contributed by atoms with van der Waals surface area (Å²) in [6, 6.07) is 16.5. The van der Waals surface area contributed by atoms with Crippen molar-refractivity contribution in [1.82, 2.24) is 14.6 Å². The van der Waals surface area contributed by atoms with Crippen LogP contribution in [0.15, 0.2) is 66.0 Å². The molecule has 2 aromatic heterocycles. The molecular weight excluding hydrogens is 392 g/mol. The zero-order chi connectivity index (χ0) is 21.1. The molecule has 0 aliphatic carbocycles. The lowest BCUT2D eigenvalue weighted by Gasteiger charge is -2.09. The van der Waals surface area contributed by atoms with Crippen molar-refractivity contribution in [2.24, 2.45) is 0 Å². The highest BCUT2D eigenvalue weighted by atomic mass is 32.2. The molecule has 152 valence electrons. The van der Waals surface area contributed by atoms with Crippen LogP contribution in [0, 0.1) is 13.8 Å². The predicted molar refractivity (Wildman–Crippen MR) is 123 cm³/mol.